The van der Waals surface area contributed by atoms with Gasteiger partial charge >= 0.3 is 0 Å². The third-order valence-electron chi connectivity index (χ3n) is 4.03. The van der Waals surface area contributed by atoms with E-state index in [1.807, 2.05) is 42.8 Å². The molecule has 4 nitrogen and oxygen atoms in total. The van der Waals surface area contributed by atoms with Crippen LogP contribution in [-0.4, -0.2) is 21.9 Å². The Morgan fingerprint density at radius 1 is 1.12 bits per heavy atom. The van der Waals surface area contributed by atoms with Gasteiger partial charge in [-0.25, -0.2) is 4.98 Å². The molecule has 0 saturated heterocycles. The Labute approximate surface area is 153 Å². The van der Waals surface area contributed by atoms with Gasteiger partial charge in [0.15, 0.2) is 0 Å². The highest BCUT2D eigenvalue weighted by Gasteiger charge is 2.13. The summed E-state index contributed by atoms with van der Waals surface area (Å²) in [6.45, 7) is 1.45. The molecule has 0 radical (unpaired) electrons. The zero-order valence-corrected chi connectivity index (χ0v) is 15.4. The van der Waals surface area contributed by atoms with Gasteiger partial charge in [0.25, 0.3) is 5.56 Å². The van der Waals surface area contributed by atoms with E-state index >= 15 is 0 Å². The van der Waals surface area contributed by atoms with Crippen molar-refractivity contribution < 1.29 is 0 Å². The van der Waals surface area contributed by atoms with Crippen LogP contribution >= 0.6 is 22.7 Å². The summed E-state index contributed by atoms with van der Waals surface area (Å²) < 4.78 is 0. The Morgan fingerprint density at radius 2 is 1.96 bits per heavy atom. The van der Waals surface area contributed by atoms with Crippen molar-refractivity contribution in [2.45, 2.75) is 13.1 Å². The van der Waals surface area contributed by atoms with Gasteiger partial charge in [-0.1, -0.05) is 30.3 Å². The molecule has 0 fully saturated rings. The molecule has 0 aliphatic heterocycles. The Kier molecular flexibility index (Phi) is 4.48. The normalized spacial score (nSPS) is 11.4. The van der Waals surface area contributed by atoms with Crippen LogP contribution in [0.1, 0.15) is 11.4 Å². The maximum absolute atomic E-state index is 12.6. The second-order valence-corrected chi connectivity index (χ2v) is 7.65. The number of thiophene rings is 2. The van der Waals surface area contributed by atoms with E-state index in [4.69, 9.17) is 0 Å². The van der Waals surface area contributed by atoms with Crippen LogP contribution in [0.3, 0.4) is 0 Å². The number of nitrogens with zero attached hydrogens (tertiary/aromatic N) is 2. The number of benzene rings is 1. The van der Waals surface area contributed by atoms with Crippen molar-refractivity contribution >= 4 is 32.9 Å². The van der Waals surface area contributed by atoms with E-state index < -0.39 is 0 Å². The molecule has 4 aromatic rings. The van der Waals surface area contributed by atoms with Crippen molar-refractivity contribution in [3.63, 3.8) is 0 Å². The minimum Gasteiger partial charge on any atom is -0.309 e. The topological polar surface area (TPSA) is 49.0 Å². The first-order valence-electron chi connectivity index (χ1n) is 7.96. The van der Waals surface area contributed by atoms with Gasteiger partial charge in [-0.2, -0.15) is 11.3 Å². The molecular weight excluding hydrogens is 350 g/mol. The van der Waals surface area contributed by atoms with Crippen molar-refractivity contribution in [2.75, 3.05) is 7.05 Å². The molecule has 0 saturated carbocycles. The molecule has 0 aliphatic carbocycles. The summed E-state index contributed by atoms with van der Waals surface area (Å²) in [5.74, 6) is 0.705. The van der Waals surface area contributed by atoms with E-state index in [1.165, 1.54) is 16.9 Å². The predicted octanol–water partition coefficient (Wildman–Crippen LogP) is 4.35. The van der Waals surface area contributed by atoms with Crippen molar-refractivity contribution in [1.82, 2.24) is 14.9 Å². The van der Waals surface area contributed by atoms with Gasteiger partial charge < -0.3 is 4.98 Å². The number of hydrogen-bond donors (Lipinski definition) is 1. The smallest absolute Gasteiger partial charge is 0.260 e. The number of nitrogens with one attached hydrogen (secondary N) is 1. The summed E-state index contributed by atoms with van der Waals surface area (Å²) in [6.07, 6.45) is 0. The molecule has 0 unspecified atom stereocenters. The van der Waals surface area contributed by atoms with Crippen LogP contribution < -0.4 is 5.56 Å². The molecule has 1 N–H and O–H groups in total. The van der Waals surface area contributed by atoms with E-state index in [0.717, 1.165) is 22.5 Å². The number of aromatic amines is 1. The minimum absolute atomic E-state index is 0.0657. The van der Waals surface area contributed by atoms with Crippen LogP contribution in [-0.2, 0) is 13.1 Å². The van der Waals surface area contributed by atoms with Crippen LogP contribution in [0.15, 0.2) is 57.3 Å². The fourth-order valence-electron chi connectivity index (χ4n) is 2.90. The van der Waals surface area contributed by atoms with E-state index in [0.29, 0.717) is 17.8 Å². The Bertz CT molecular complexity index is 1040. The standard InChI is InChI=1S/C19H17N3OS2/c1-22(9-13-7-8-24-11-13)10-16-20-18(23)17-15(12-25-19(17)21-16)14-5-3-2-4-6-14/h2-8,11-12H,9-10H2,1H3,(H,20,21,23). The summed E-state index contributed by atoms with van der Waals surface area (Å²) in [5, 5.41) is 6.91. The van der Waals surface area contributed by atoms with E-state index in [9.17, 15) is 4.79 Å². The number of hydrogen-bond acceptors (Lipinski definition) is 5. The molecule has 25 heavy (non-hydrogen) atoms. The molecule has 0 atom stereocenters. The molecule has 126 valence electrons. The summed E-state index contributed by atoms with van der Waals surface area (Å²) in [7, 11) is 2.03. The van der Waals surface area contributed by atoms with Crippen LogP contribution in [0.4, 0.5) is 0 Å². The van der Waals surface area contributed by atoms with Gasteiger partial charge in [0.1, 0.15) is 10.7 Å². The van der Waals surface area contributed by atoms with Crippen molar-refractivity contribution in [3.05, 3.63) is 74.3 Å². The maximum Gasteiger partial charge on any atom is 0.260 e. The highest BCUT2D eigenvalue weighted by atomic mass is 32.1. The summed E-state index contributed by atoms with van der Waals surface area (Å²) in [4.78, 5) is 23.2. The van der Waals surface area contributed by atoms with Gasteiger partial charge in [-0.05, 0) is 35.0 Å². The van der Waals surface area contributed by atoms with E-state index in [1.54, 1.807) is 11.3 Å². The molecule has 3 heterocycles. The minimum atomic E-state index is -0.0657. The Balaban J connectivity index is 1.63. The monoisotopic (exact) mass is 367 g/mol. The third kappa shape index (κ3) is 3.42. The number of rotatable bonds is 5. The second kappa shape index (κ2) is 6.92. The SMILES string of the molecule is CN(Cc1ccsc1)Cc1nc2scc(-c3ccccc3)c2c(=O)[nH]1. The lowest BCUT2D eigenvalue weighted by Gasteiger charge is -2.15. The fraction of sp³-hybridized carbons (Fsp3) is 0.158. The van der Waals surface area contributed by atoms with Gasteiger partial charge in [-0.3, -0.25) is 9.69 Å². The average molecular weight is 367 g/mol. The van der Waals surface area contributed by atoms with Crippen molar-refractivity contribution in [2.24, 2.45) is 0 Å². The van der Waals surface area contributed by atoms with Crippen molar-refractivity contribution in [3.8, 4) is 11.1 Å². The summed E-state index contributed by atoms with van der Waals surface area (Å²) >= 11 is 3.22. The van der Waals surface area contributed by atoms with Crippen LogP contribution in [0, 0.1) is 0 Å². The largest absolute Gasteiger partial charge is 0.309 e. The van der Waals surface area contributed by atoms with Crippen LogP contribution in [0.5, 0.6) is 0 Å². The summed E-state index contributed by atoms with van der Waals surface area (Å²) in [6, 6.07) is 12.1. The molecule has 0 spiro atoms. The molecule has 4 rings (SSSR count). The first kappa shape index (κ1) is 16.2. The van der Waals surface area contributed by atoms with Gasteiger partial charge in [0.05, 0.1) is 11.9 Å². The van der Waals surface area contributed by atoms with Gasteiger partial charge in [0.2, 0.25) is 0 Å². The Hall–Kier alpha value is -2.28. The molecule has 0 aliphatic rings. The fourth-order valence-corrected chi connectivity index (χ4v) is 4.53. The van der Waals surface area contributed by atoms with E-state index in [-0.39, 0.29) is 5.56 Å². The third-order valence-corrected chi connectivity index (χ3v) is 5.63. The first-order valence-corrected chi connectivity index (χ1v) is 9.78. The molecular formula is C19H17N3OS2. The molecule has 0 bridgehead atoms. The highest BCUT2D eigenvalue weighted by Crippen LogP contribution is 2.30. The van der Waals surface area contributed by atoms with Gasteiger partial charge in [0, 0.05) is 17.5 Å². The van der Waals surface area contributed by atoms with E-state index in [2.05, 4.69) is 31.7 Å². The molecule has 0 amide bonds. The Morgan fingerprint density at radius 3 is 2.72 bits per heavy atom. The van der Waals surface area contributed by atoms with Crippen molar-refractivity contribution in [1.29, 1.82) is 0 Å². The number of aromatic nitrogens is 2. The van der Waals surface area contributed by atoms with Crippen LogP contribution in [0.25, 0.3) is 21.3 Å². The lowest BCUT2D eigenvalue weighted by molar-refractivity contribution is 0.311. The molecule has 3 aromatic heterocycles. The quantitative estimate of drug-likeness (QED) is 0.571. The average Bonchev–Trinajstić information content (AvgIpc) is 3.25. The lowest BCUT2D eigenvalue weighted by Crippen LogP contribution is -2.21. The number of fused-ring (bicyclic) bond motifs is 1. The first-order chi connectivity index (χ1) is 12.2. The predicted molar refractivity (Wildman–Crippen MR) is 105 cm³/mol. The summed E-state index contributed by atoms with van der Waals surface area (Å²) in [5.41, 5.74) is 3.21. The van der Waals surface area contributed by atoms with Gasteiger partial charge in [-0.15, -0.1) is 11.3 Å². The van der Waals surface area contributed by atoms with Crippen LogP contribution in [0.2, 0.25) is 0 Å². The zero-order chi connectivity index (χ0) is 17.2. The maximum atomic E-state index is 12.6. The highest BCUT2D eigenvalue weighted by molar-refractivity contribution is 7.17. The second-order valence-electron chi connectivity index (χ2n) is 6.01. The number of H-pyrrole nitrogens is 1. The lowest BCUT2D eigenvalue weighted by atomic mass is 10.1. The molecule has 1 aromatic carbocycles. The zero-order valence-electron chi connectivity index (χ0n) is 13.7. The molecule has 6 heteroatoms.